The molecule has 2 amide bonds. The van der Waals surface area contributed by atoms with E-state index in [0.29, 0.717) is 25.3 Å². The molecular formula is C20H29N5O4. The lowest BCUT2D eigenvalue weighted by Crippen LogP contribution is -2.48. The molecule has 1 unspecified atom stereocenters. The number of hydrogen-bond donors (Lipinski definition) is 3. The molecule has 2 rings (SSSR count). The van der Waals surface area contributed by atoms with Gasteiger partial charge in [0.15, 0.2) is 5.96 Å². The summed E-state index contributed by atoms with van der Waals surface area (Å²) in [5.41, 5.74) is 6.44. The smallest absolute Gasteiger partial charge is 0.310 e. The second-order valence-corrected chi connectivity index (χ2v) is 6.78. The molecule has 1 saturated heterocycles. The van der Waals surface area contributed by atoms with Gasteiger partial charge < -0.3 is 26.0 Å². The van der Waals surface area contributed by atoms with Crippen LogP contribution in [0.3, 0.4) is 0 Å². The van der Waals surface area contributed by atoms with Gasteiger partial charge in [0.25, 0.3) is 5.91 Å². The third-order valence-corrected chi connectivity index (χ3v) is 4.64. The monoisotopic (exact) mass is 403 g/mol. The lowest BCUT2D eigenvalue weighted by atomic mass is 9.98. The number of ether oxygens (including phenoxy) is 1. The molecule has 0 saturated carbocycles. The molecule has 1 aliphatic rings. The van der Waals surface area contributed by atoms with E-state index in [1.165, 1.54) is 0 Å². The Kier molecular flexibility index (Phi) is 8.45. The van der Waals surface area contributed by atoms with Crippen LogP contribution in [0.15, 0.2) is 29.3 Å². The molecule has 158 valence electrons. The summed E-state index contributed by atoms with van der Waals surface area (Å²) in [6, 6.07) is 7.04. The molecule has 0 aliphatic carbocycles. The van der Waals surface area contributed by atoms with Crippen molar-refractivity contribution < 1.29 is 19.1 Å². The van der Waals surface area contributed by atoms with Crippen LogP contribution in [0.5, 0.6) is 0 Å². The first-order chi connectivity index (χ1) is 13.9. The Bertz CT molecular complexity index is 748. The van der Waals surface area contributed by atoms with Crippen molar-refractivity contribution in [1.82, 2.24) is 15.5 Å². The molecule has 0 bridgehead atoms. The van der Waals surface area contributed by atoms with Crippen molar-refractivity contribution in [3.8, 4) is 0 Å². The lowest BCUT2D eigenvalue weighted by Gasteiger charge is -2.34. The minimum Gasteiger partial charge on any atom is -0.466 e. The zero-order valence-corrected chi connectivity index (χ0v) is 16.9. The average molecular weight is 403 g/mol. The summed E-state index contributed by atoms with van der Waals surface area (Å²) < 4.78 is 5.15. The predicted molar refractivity (Wildman–Crippen MR) is 109 cm³/mol. The maximum atomic E-state index is 12.0. The van der Waals surface area contributed by atoms with Crippen LogP contribution in [0, 0.1) is 5.92 Å². The molecule has 1 aromatic rings. The second kappa shape index (κ2) is 11.0. The minimum atomic E-state index is -0.589. The number of hydrogen-bond acceptors (Lipinski definition) is 5. The molecular weight excluding hydrogens is 374 g/mol. The highest BCUT2D eigenvalue weighted by Crippen LogP contribution is 2.18. The van der Waals surface area contributed by atoms with Crippen LogP contribution < -0.4 is 16.4 Å². The van der Waals surface area contributed by atoms with Crippen molar-refractivity contribution in [3.05, 3.63) is 35.4 Å². The fourth-order valence-corrected chi connectivity index (χ4v) is 3.18. The molecule has 1 aromatic carbocycles. The first kappa shape index (κ1) is 22.2. The molecule has 1 heterocycles. The largest absolute Gasteiger partial charge is 0.466 e. The number of carbonyl (C=O) groups excluding carboxylic acids is 3. The fraction of sp³-hybridized carbons (Fsp3) is 0.500. The summed E-state index contributed by atoms with van der Waals surface area (Å²) in [5.74, 6) is -0.508. The highest BCUT2D eigenvalue weighted by Gasteiger charge is 2.28. The summed E-state index contributed by atoms with van der Waals surface area (Å²) in [4.78, 5) is 41.1. The number of nitrogens with one attached hydrogen (secondary N) is 2. The van der Waals surface area contributed by atoms with Gasteiger partial charge in [-0.1, -0.05) is 12.1 Å². The molecule has 1 aliphatic heterocycles. The number of amides is 2. The molecule has 0 spiro atoms. The van der Waals surface area contributed by atoms with Crippen molar-refractivity contribution in [1.29, 1.82) is 0 Å². The maximum Gasteiger partial charge on any atom is 0.310 e. The van der Waals surface area contributed by atoms with Gasteiger partial charge in [0.05, 0.1) is 19.1 Å². The van der Waals surface area contributed by atoms with E-state index in [1.807, 2.05) is 19.1 Å². The Balaban J connectivity index is 1.89. The van der Waals surface area contributed by atoms with Crippen LogP contribution in [0.4, 0.5) is 0 Å². The van der Waals surface area contributed by atoms with Crippen LogP contribution >= 0.6 is 0 Å². The Morgan fingerprint density at radius 2 is 1.97 bits per heavy atom. The number of benzene rings is 1. The number of likely N-dealkylation sites (tertiary alicyclic amines) is 1. The van der Waals surface area contributed by atoms with E-state index in [1.54, 1.807) is 19.2 Å². The first-order valence-corrected chi connectivity index (χ1v) is 9.72. The summed E-state index contributed by atoms with van der Waals surface area (Å²) in [6.07, 6.45) is 1.73. The summed E-state index contributed by atoms with van der Waals surface area (Å²) in [6.45, 7) is 3.94. The summed E-state index contributed by atoms with van der Waals surface area (Å²) in [5, 5.41) is 5.75. The van der Waals surface area contributed by atoms with E-state index in [9.17, 15) is 14.4 Å². The van der Waals surface area contributed by atoms with Crippen molar-refractivity contribution in [3.63, 3.8) is 0 Å². The van der Waals surface area contributed by atoms with E-state index < -0.39 is 5.91 Å². The van der Waals surface area contributed by atoms with Gasteiger partial charge in [-0.15, -0.1) is 0 Å². The van der Waals surface area contributed by atoms with Gasteiger partial charge in [0, 0.05) is 32.2 Å². The number of aliphatic imine (C=N–C) groups is 1. The van der Waals surface area contributed by atoms with Gasteiger partial charge in [-0.3, -0.25) is 19.4 Å². The maximum absolute atomic E-state index is 12.0. The van der Waals surface area contributed by atoms with Crippen LogP contribution in [-0.2, 0) is 20.9 Å². The molecule has 4 N–H and O–H groups in total. The Morgan fingerprint density at radius 1 is 1.24 bits per heavy atom. The zero-order valence-electron chi connectivity index (χ0n) is 16.9. The molecule has 1 atom stereocenters. The Morgan fingerprint density at radius 3 is 2.59 bits per heavy atom. The minimum absolute atomic E-state index is 0.138. The average Bonchev–Trinajstić information content (AvgIpc) is 2.73. The molecule has 1 fully saturated rings. The van der Waals surface area contributed by atoms with E-state index in [2.05, 4.69) is 20.5 Å². The summed E-state index contributed by atoms with van der Waals surface area (Å²) in [7, 11) is 1.71. The van der Waals surface area contributed by atoms with E-state index in [0.717, 1.165) is 30.9 Å². The van der Waals surface area contributed by atoms with Crippen LogP contribution in [0.1, 0.15) is 35.7 Å². The van der Waals surface area contributed by atoms with E-state index in [-0.39, 0.29) is 24.3 Å². The van der Waals surface area contributed by atoms with Crippen molar-refractivity contribution >= 4 is 23.7 Å². The number of primary amides is 1. The molecule has 0 radical (unpaired) electrons. The predicted octanol–water partition coefficient (Wildman–Crippen LogP) is 0.252. The molecule has 29 heavy (non-hydrogen) atoms. The number of piperidine rings is 1. The third-order valence-electron chi connectivity index (χ3n) is 4.64. The van der Waals surface area contributed by atoms with Gasteiger partial charge in [-0.05, 0) is 37.5 Å². The number of guanidine groups is 1. The number of nitrogens with two attached hydrogens (primary N) is 1. The van der Waals surface area contributed by atoms with E-state index in [4.69, 9.17) is 10.5 Å². The van der Waals surface area contributed by atoms with Crippen LogP contribution in [0.25, 0.3) is 0 Å². The lowest BCUT2D eigenvalue weighted by molar-refractivity contribution is -0.149. The molecule has 0 aromatic heterocycles. The number of carbonyl (C=O) groups is 3. The van der Waals surface area contributed by atoms with Crippen LogP contribution in [-0.4, -0.2) is 61.9 Å². The van der Waals surface area contributed by atoms with Gasteiger partial charge >= 0.3 is 5.97 Å². The van der Waals surface area contributed by atoms with E-state index >= 15 is 0 Å². The number of nitrogens with zero attached hydrogens (tertiary/aromatic N) is 2. The van der Waals surface area contributed by atoms with Gasteiger partial charge in [-0.25, -0.2) is 0 Å². The zero-order chi connectivity index (χ0) is 21.2. The Hall–Kier alpha value is -3.10. The standard InChI is InChI=1S/C20H29N5O4/c1-3-29-19(28)16-5-4-10-25(13-16)20(22-2)24-11-14-6-8-15(9-7-14)18(27)23-12-17(21)26/h6-9,16H,3-5,10-13H2,1-2H3,(H2,21,26)(H,22,24)(H,23,27). The van der Waals surface area contributed by atoms with Crippen molar-refractivity contribution in [2.45, 2.75) is 26.3 Å². The highest BCUT2D eigenvalue weighted by atomic mass is 16.5. The van der Waals surface area contributed by atoms with Crippen molar-refractivity contribution in [2.75, 3.05) is 33.3 Å². The number of esters is 1. The molecule has 9 heteroatoms. The number of rotatable bonds is 7. The second-order valence-electron chi connectivity index (χ2n) is 6.78. The van der Waals surface area contributed by atoms with Gasteiger partial charge in [0.1, 0.15) is 0 Å². The highest BCUT2D eigenvalue weighted by molar-refractivity contribution is 5.96. The first-order valence-electron chi connectivity index (χ1n) is 9.72. The van der Waals surface area contributed by atoms with Crippen molar-refractivity contribution in [2.24, 2.45) is 16.6 Å². The normalized spacial score (nSPS) is 16.8. The Labute approximate surface area is 170 Å². The van der Waals surface area contributed by atoms with Crippen LogP contribution in [0.2, 0.25) is 0 Å². The third kappa shape index (κ3) is 6.78. The fourth-order valence-electron chi connectivity index (χ4n) is 3.18. The SMILES string of the molecule is CCOC(=O)C1CCCN(C(=NC)NCc2ccc(C(=O)NCC(N)=O)cc2)C1. The topological polar surface area (TPSA) is 126 Å². The summed E-state index contributed by atoms with van der Waals surface area (Å²) >= 11 is 0. The molecule has 9 nitrogen and oxygen atoms in total. The van der Waals surface area contributed by atoms with Gasteiger partial charge in [0.2, 0.25) is 5.91 Å². The quantitative estimate of drug-likeness (QED) is 0.340. The van der Waals surface area contributed by atoms with Gasteiger partial charge in [-0.2, -0.15) is 0 Å².